The van der Waals surface area contributed by atoms with E-state index in [9.17, 15) is 22.4 Å². The Morgan fingerprint density at radius 1 is 0.919 bits per heavy atom. The van der Waals surface area contributed by atoms with E-state index in [1.165, 1.54) is 24.9 Å². The average molecular weight is 511 g/mol. The minimum atomic E-state index is -4.81. The van der Waals surface area contributed by atoms with Crippen molar-refractivity contribution in [1.82, 2.24) is 24.9 Å². The lowest BCUT2D eigenvalue weighted by atomic mass is 10.1. The summed E-state index contributed by atoms with van der Waals surface area (Å²) in [5, 5.41) is 4.65. The molecule has 0 aliphatic heterocycles. The van der Waals surface area contributed by atoms with Gasteiger partial charge in [0.2, 0.25) is 0 Å². The van der Waals surface area contributed by atoms with Crippen molar-refractivity contribution in [3.05, 3.63) is 90.1 Å². The molecule has 5 aromatic rings. The van der Waals surface area contributed by atoms with Crippen LogP contribution in [0.25, 0.3) is 22.4 Å². The maximum absolute atomic E-state index is 15.4. The Balaban J connectivity index is 1.50. The van der Waals surface area contributed by atoms with Gasteiger partial charge in [-0.2, -0.15) is 13.2 Å². The minimum absolute atomic E-state index is 0.0146. The monoisotopic (exact) mass is 511 g/mol. The van der Waals surface area contributed by atoms with Gasteiger partial charge in [0.25, 0.3) is 5.91 Å². The number of anilines is 3. The molecule has 0 fully saturated rings. The quantitative estimate of drug-likeness (QED) is 0.261. The number of rotatable bonds is 5. The summed E-state index contributed by atoms with van der Waals surface area (Å²) in [5.74, 6) is -3.48. The summed E-state index contributed by atoms with van der Waals surface area (Å²) < 4.78 is 70.0. The highest BCUT2D eigenvalue weighted by atomic mass is 19.4. The van der Waals surface area contributed by atoms with Crippen molar-refractivity contribution in [2.45, 2.75) is 6.18 Å². The molecule has 8 nitrogen and oxygen atoms in total. The molecule has 3 aromatic heterocycles. The number of pyridine rings is 1. The van der Waals surface area contributed by atoms with Gasteiger partial charge in [-0.15, -0.1) is 0 Å². The van der Waals surface area contributed by atoms with Gasteiger partial charge < -0.3 is 15.6 Å². The number of carbonyl (C=O) groups is 1. The second-order valence-corrected chi connectivity index (χ2v) is 7.63. The number of hydrogen-bond acceptors (Lipinski definition) is 6. The minimum Gasteiger partial charge on any atom is -0.341 e. The van der Waals surface area contributed by atoms with Crippen LogP contribution >= 0.6 is 0 Å². The molecular weight excluding hydrogens is 497 g/mol. The molecule has 5 rings (SSSR count). The number of alkyl halides is 3. The first-order valence-electron chi connectivity index (χ1n) is 10.6. The third-order valence-electron chi connectivity index (χ3n) is 5.35. The van der Waals surface area contributed by atoms with Gasteiger partial charge in [0.15, 0.2) is 11.5 Å². The van der Waals surface area contributed by atoms with Gasteiger partial charge in [-0.3, -0.25) is 4.79 Å². The Morgan fingerprint density at radius 2 is 1.73 bits per heavy atom. The van der Waals surface area contributed by atoms with E-state index in [2.05, 4.69) is 35.6 Å². The summed E-state index contributed by atoms with van der Waals surface area (Å²) in [4.78, 5) is 31.9. The second kappa shape index (κ2) is 9.26. The van der Waals surface area contributed by atoms with Gasteiger partial charge in [-0.05, 0) is 36.4 Å². The first-order valence-corrected chi connectivity index (χ1v) is 10.6. The summed E-state index contributed by atoms with van der Waals surface area (Å²) in [5.41, 5.74) is -1.60. The summed E-state index contributed by atoms with van der Waals surface area (Å²) in [6.07, 6.45) is -0.745. The molecule has 0 atom stereocenters. The number of fused-ring (bicyclic) bond motifs is 1. The van der Waals surface area contributed by atoms with Crippen LogP contribution in [0, 0.1) is 11.6 Å². The molecule has 1 amide bonds. The Hall–Kier alpha value is -4.94. The number of benzene rings is 2. The van der Waals surface area contributed by atoms with E-state index >= 15 is 4.39 Å². The summed E-state index contributed by atoms with van der Waals surface area (Å²) in [6.45, 7) is 0. The van der Waals surface area contributed by atoms with Crippen LogP contribution in [0.5, 0.6) is 0 Å². The highest BCUT2D eigenvalue weighted by molar-refractivity contribution is 6.05. The molecule has 0 saturated carbocycles. The summed E-state index contributed by atoms with van der Waals surface area (Å²) in [7, 11) is 0. The number of aromatic nitrogens is 5. The molecule has 3 N–H and O–H groups in total. The molecule has 3 heterocycles. The van der Waals surface area contributed by atoms with Crippen molar-refractivity contribution in [3.63, 3.8) is 0 Å². The standard InChI is InChI=1S/C24H14F5N7O/c25-15-7-8-16(35-23(37)12-4-1-2-6-14(12)24(27,28)29)17(26)19(15)36-21-13(5-3-9-30-21)18-20-22(33-10-31-18)34-11-32-20/h1-11H,(H,30,36)(H,35,37)(H,31,32,33,34). The fourth-order valence-electron chi connectivity index (χ4n) is 3.67. The fraction of sp³-hybridized carbons (Fsp3) is 0.0417. The summed E-state index contributed by atoms with van der Waals surface area (Å²) >= 11 is 0. The number of nitrogens with one attached hydrogen (secondary N) is 3. The number of imidazole rings is 1. The topological polar surface area (TPSA) is 108 Å². The van der Waals surface area contributed by atoms with Crippen LogP contribution in [0.1, 0.15) is 15.9 Å². The number of halogens is 5. The van der Waals surface area contributed by atoms with E-state index in [1.807, 2.05) is 0 Å². The smallest absolute Gasteiger partial charge is 0.341 e. The van der Waals surface area contributed by atoms with Crippen LogP contribution in [0.4, 0.5) is 39.1 Å². The van der Waals surface area contributed by atoms with Crippen LogP contribution in [0.2, 0.25) is 0 Å². The molecule has 0 aliphatic carbocycles. The van der Waals surface area contributed by atoms with Gasteiger partial charge in [0.05, 0.1) is 23.1 Å². The van der Waals surface area contributed by atoms with Crippen LogP contribution in [0.15, 0.2) is 67.4 Å². The second-order valence-electron chi connectivity index (χ2n) is 7.63. The number of hydrogen-bond donors (Lipinski definition) is 3. The average Bonchev–Trinajstić information content (AvgIpc) is 3.37. The van der Waals surface area contributed by atoms with E-state index < -0.39 is 46.2 Å². The van der Waals surface area contributed by atoms with Gasteiger partial charge in [0, 0.05) is 11.8 Å². The van der Waals surface area contributed by atoms with Gasteiger partial charge >= 0.3 is 6.18 Å². The SMILES string of the molecule is O=C(Nc1ccc(F)c(Nc2ncccc2-c2ncnc3nc[nH]c23)c1F)c1ccccc1C(F)(F)F. The molecule has 0 bridgehead atoms. The lowest BCUT2D eigenvalue weighted by Gasteiger charge is -2.16. The van der Waals surface area contributed by atoms with Crippen LogP contribution in [0.3, 0.4) is 0 Å². The molecule has 0 radical (unpaired) electrons. The zero-order valence-electron chi connectivity index (χ0n) is 18.4. The zero-order chi connectivity index (χ0) is 26.2. The Bertz CT molecular complexity index is 1630. The Labute approximate surface area is 204 Å². The largest absolute Gasteiger partial charge is 0.417 e. The number of amides is 1. The Kier molecular flexibility index (Phi) is 5.95. The number of nitrogens with zero attached hydrogens (tertiary/aromatic N) is 4. The molecule has 0 unspecified atom stereocenters. The maximum Gasteiger partial charge on any atom is 0.417 e. The van der Waals surface area contributed by atoms with E-state index in [1.54, 1.807) is 12.1 Å². The van der Waals surface area contributed by atoms with Crippen molar-refractivity contribution in [3.8, 4) is 11.3 Å². The van der Waals surface area contributed by atoms with Crippen molar-refractivity contribution in [1.29, 1.82) is 0 Å². The highest BCUT2D eigenvalue weighted by Gasteiger charge is 2.35. The molecule has 13 heteroatoms. The van der Waals surface area contributed by atoms with Crippen LogP contribution < -0.4 is 10.6 Å². The van der Waals surface area contributed by atoms with Gasteiger partial charge in [-0.1, -0.05) is 12.1 Å². The lowest BCUT2D eigenvalue weighted by molar-refractivity contribution is -0.137. The highest BCUT2D eigenvalue weighted by Crippen LogP contribution is 2.35. The fourth-order valence-corrected chi connectivity index (χ4v) is 3.67. The molecule has 37 heavy (non-hydrogen) atoms. The number of H-pyrrole nitrogens is 1. The van der Waals surface area contributed by atoms with Crippen LogP contribution in [-0.4, -0.2) is 30.8 Å². The maximum atomic E-state index is 15.4. The van der Waals surface area contributed by atoms with E-state index in [-0.39, 0.29) is 5.82 Å². The third-order valence-corrected chi connectivity index (χ3v) is 5.35. The first-order chi connectivity index (χ1) is 17.7. The zero-order valence-corrected chi connectivity index (χ0v) is 18.4. The molecule has 0 aliphatic rings. The Morgan fingerprint density at radius 3 is 2.54 bits per heavy atom. The summed E-state index contributed by atoms with van der Waals surface area (Å²) in [6, 6.07) is 9.01. The molecule has 186 valence electrons. The van der Waals surface area contributed by atoms with Crippen molar-refractivity contribution in [2.24, 2.45) is 0 Å². The molecular formula is C24H14F5N7O. The van der Waals surface area contributed by atoms with Gasteiger partial charge in [0.1, 0.15) is 34.9 Å². The van der Waals surface area contributed by atoms with Crippen molar-refractivity contribution in [2.75, 3.05) is 10.6 Å². The molecule has 0 saturated heterocycles. The first kappa shape index (κ1) is 23.8. The van der Waals surface area contributed by atoms with E-state index in [0.29, 0.717) is 22.4 Å². The van der Waals surface area contributed by atoms with Crippen LogP contribution in [-0.2, 0) is 6.18 Å². The van der Waals surface area contributed by atoms with Crippen molar-refractivity contribution >= 4 is 34.3 Å². The molecule has 2 aromatic carbocycles. The number of aromatic amines is 1. The van der Waals surface area contributed by atoms with Crippen molar-refractivity contribution < 1.29 is 26.7 Å². The third kappa shape index (κ3) is 4.53. The van der Waals surface area contributed by atoms with E-state index in [4.69, 9.17) is 0 Å². The predicted octanol–water partition coefficient (Wildman–Crippen LogP) is 5.71. The van der Waals surface area contributed by atoms with E-state index in [0.717, 1.165) is 30.3 Å². The normalized spacial score (nSPS) is 11.5. The number of carbonyl (C=O) groups excluding carboxylic acids is 1. The molecule has 0 spiro atoms. The lowest BCUT2D eigenvalue weighted by Crippen LogP contribution is -2.19. The predicted molar refractivity (Wildman–Crippen MR) is 124 cm³/mol. The van der Waals surface area contributed by atoms with Gasteiger partial charge in [-0.25, -0.2) is 28.7 Å².